The van der Waals surface area contributed by atoms with Crippen LogP contribution in [0.3, 0.4) is 0 Å². The molecule has 5 heteroatoms. The predicted molar refractivity (Wildman–Crippen MR) is 105 cm³/mol. The molecule has 1 aromatic heterocycles. The largest absolute Gasteiger partial charge is 0.379 e. The molecule has 2 atom stereocenters. The summed E-state index contributed by atoms with van der Waals surface area (Å²) >= 11 is 0. The Morgan fingerprint density at radius 2 is 1.85 bits per heavy atom. The van der Waals surface area contributed by atoms with Gasteiger partial charge in [0.1, 0.15) is 5.69 Å². The zero-order valence-corrected chi connectivity index (χ0v) is 15.9. The minimum Gasteiger partial charge on any atom is -0.379 e. The molecule has 4 rings (SSSR count). The molecule has 0 aliphatic carbocycles. The second kappa shape index (κ2) is 8.19. The van der Waals surface area contributed by atoms with Gasteiger partial charge in [0.2, 0.25) is 0 Å². The van der Waals surface area contributed by atoms with Gasteiger partial charge in [-0.2, -0.15) is 0 Å². The molecule has 0 radical (unpaired) electrons. The van der Waals surface area contributed by atoms with Crippen molar-refractivity contribution >= 4 is 5.91 Å². The smallest absolute Gasteiger partial charge is 0.272 e. The van der Waals surface area contributed by atoms with E-state index in [9.17, 15) is 4.79 Å². The second-order valence-corrected chi connectivity index (χ2v) is 7.42. The summed E-state index contributed by atoms with van der Waals surface area (Å²) in [7, 11) is 0. The highest BCUT2D eigenvalue weighted by Gasteiger charge is 2.40. The van der Waals surface area contributed by atoms with E-state index in [1.807, 2.05) is 31.2 Å². The summed E-state index contributed by atoms with van der Waals surface area (Å²) in [6.07, 6.45) is 1.88. The number of morpholine rings is 1. The molecule has 5 nitrogen and oxygen atoms in total. The van der Waals surface area contributed by atoms with E-state index in [1.165, 1.54) is 5.56 Å². The number of nitrogens with zero attached hydrogens (tertiary/aromatic N) is 3. The van der Waals surface area contributed by atoms with Crippen LogP contribution in [-0.4, -0.2) is 65.6 Å². The van der Waals surface area contributed by atoms with E-state index in [0.29, 0.717) is 11.7 Å². The van der Waals surface area contributed by atoms with Crippen molar-refractivity contribution in [3.63, 3.8) is 0 Å². The van der Waals surface area contributed by atoms with Crippen molar-refractivity contribution in [1.29, 1.82) is 0 Å². The fraction of sp³-hybridized carbons (Fsp3) is 0.455. The Labute approximate surface area is 161 Å². The average Bonchev–Trinajstić information content (AvgIpc) is 3.12. The van der Waals surface area contributed by atoms with Crippen LogP contribution in [0.1, 0.15) is 28.2 Å². The van der Waals surface area contributed by atoms with Crippen LogP contribution in [0.15, 0.2) is 48.5 Å². The number of likely N-dealkylation sites (tertiary alicyclic amines) is 1. The monoisotopic (exact) mass is 365 g/mol. The van der Waals surface area contributed by atoms with Gasteiger partial charge >= 0.3 is 0 Å². The zero-order valence-electron chi connectivity index (χ0n) is 15.9. The van der Waals surface area contributed by atoms with Crippen LogP contribution in [0.25, 0.3) is 0 Å². The summed E-state index contributed by atoms with van der Waals surface area (Å²) in [6.45, 7) is 6.16. The summed E-state index contributed by atoms with van der Waals surface area (Å²) in [6, 6.07) is 16.7. The van der Waals surface area contributed by atoms with Crippen molar-refractivity contribution in [3.8, 4) is 0 Å². The van der Waals surface area contributed by atoms with E-state index in [0.717, 1.165) is 51.4 Å². The number of hydrogen-bond donors (Lipinski definition) is 0. The van der Waals surface area contributed by atoms with Crippen molar-refractivity contribution < 1.29 is 9.53 Å². The third-order valence-corrected chi connectivity index (χ3v) is 5.68. The lowest BCUT2D eigenvalue weighted by atomic mass is 9.98. The molecule has 0 unspecified atom stereocenters. The van der Waals surface area contributed by atoms with E-state index in [1.54, 1.807) is 0 Å². The Bertz CT molecular complexity index is 774. The molecular weight excluding hydrogens is 338 g/mol. The molecule has 0 spiro atoms. The first-order chi connectivity index (χ1) is 13.2. The number of amides is 1. The van der Waals surface area contributed by atoms with Gasteiger partial charge in [-0.3, -0.25) is 9.69 Å². The van der Waals surface area contributed by atoms with Crippen LogP contribution < -0.4 is 0 Å². The first kappa shape index (κ1) is 18.1. The molecule has 2 saturated heterocycles. The first-order valence-corrected chi connectivity index (χ1v) is 9.83. The Morgan fingerprint density at radius 1 is 1.07 bits per heavy atom. The second-order valence-electron chi connectivity index (χ2n) is 7.42. The number of aryl methyl sites for hydroxylation is 1. The molecule has 0 N–H and O–H groups in total. The molecular formula is C22H27N3O2. The molecule has 2 aromatic rings. The quantitative estimate of drug-likeness (QED) is 0.835. The molecule has 1 aromatic carbocycles. The average molecular weight is 365 g/mol. The van der Waals surface area contributed by atoms with E-state index in [-0.39, 0.29) is 11.9 Å². The number of pyridine rings is 1. The summed E-state index contributed by atoms with van der Waals surface area (Å²) in [5.41, 5.74) is 2.71. The predicted octanol–water partition coefficient (Wildman–Crippen LogP) is 2.55. The molecule has 2 fully saturated rings. The Morgan fingerprint density at radius 3 is 2.59 bits per heavy atom. The van der Waals surface area contributed by atoms with Gasteiger partial charge in [0.15, 0.2) is 0 Å². The van der Waals surface area contributed by atoms with Gasteiger partial charge in [0.05, 0.1) is 19.3 Å². The summed E-state index contributed by atoms with van der Waals surface area (Å²) in [5, 5.41) is 0. The fourth-order valence-corrected chi connectivity index (χ4v) is 4.34. The van der Waals surface area contributed by atoms with Gasteiger partial charge in [-0.1, -0.05) is 36.4 Å². The third-order valence-electron chi connectivity index (χ3n) is 5.68. The first-order valence-electron chi connectivity index (χ1n) is 9.83. The zero-order chi connectivity index (χ0) is 18.6. The van der Waals surface area contributed by atoms with Crippen molar-refractivity contribution in [1.82, 2.24) is 14.8 Å². The van der Waals surface area contributed by atoms with Crippen LogP contribution >= 0.6 is 0 Å². The number of benzene rings is 1. The maximum absolute atomic E-state index is 13.2. The van der Waals surface area contributed by atoms with Gasteiger partial charge in [-0.25, -0.2) is 4.98 Å². The van der Waals surface area contributed by atoms with Crippen LogP contribution in [0.4, 0.5) is 0 Å². The highest BCUT2D eigenvalue weighted by molar-refractivity contribution is 5.92. The summed E-state index contributed by atoms with van der Waals surface area (Å²) in [4.78, 5) is 22.3. The van der Waals surface area contributed by atoms with Gasteiger partial charge in [-0.15, -0.1) is 0 Å². The van der Waals surface area contributed by atoms with E-state index >= 15 is 0 Å². The van der Waals surface area contributed by atoms with Crippen LogP contribution in [0, 0.1) is 6.92 Å². The molecule has 142 valence electrons. The molecule has 1 amide bonds. The topological polar surface area (TPSA) is 45.7 Å². The van der Waals surface area contributed by atoms with Gasteiger partial charge in [-0.05, 0) is 37.5 Å². The van der Waals surface area contributed by atoms with Crippen molar-refractivity contribution in [2.75, 3.05) is 32.8 Å². The molecule has 0 bridgehead atoms. The Balaban J connectivity index is 1.59. The molecule has 2 aliphatic rings. The Kier molecular flexibility index (Phi) is 5.50. The summed E-state index contributed by atoms with van der Waals surface area (Å²) in [5.74, 6) is 0.0513. The number of carbonyl (C=O) groups is 1. The van der Waals surface area contributed by atoms with Crippen molar-refractivity contribution in [2.24, 2.45) is 0 Å². The van der Waals surface area contributed by atoms with Crippen LogP contribution in [0.5, 0.6) is 0 Å². The Hall–Kier alpha value is -2.24. The number of rotatable bonds is 4. The van der Waals surface area contributed by atoms with E-state index in [2.05, 4.69) is 39.0 Å². The van der Waals surface area contributed by atoms with Crippen LogP contribution in [-0.2, 0) is 11.2 Å². The number of hydrogen-bond acceptors (Lipinski definition) is 4. The van der Waals surface area contributed by atoms with Crippen LogP contribution in [0.2, 0.25) is 0 Å². The molecule has 0 saturated carbocycles. The minimum absolute atomic E-state index is 0.0513. The SMILES string of the molecule is Cc1cccc(C(=O)N2CC[C@H](N3CCOCC3)[C@H]2Cc2ccccc2)n1. The lowest BCUT2D eigenvalue weighted by molar-refractivity contribution is 0.00859. The normalized spacial score (nSPS) is 23.5. The molecule has 27 heavy (non-hydrogen) atoms. The van der Waals surface area contributed by atoms with Gasteiger partial charge < -0.3 is 9.64 Å². The molecule has 3 heterocycles. The lowest BCUT2D eigenvalue weighted by Gasteiger charge is -2.37. The fourth-order valence-electron chi connectivity index (χ4n) is 4.34. The standard InChI is InChI=1S/C22H27N3O2/c1-17-6-5-9-19(23-17)22(26)25-11-10-20(24-12-14-27-15-13-24)21(25)16-18-7-3-2-4-8-18/h2-9,20-21H,10-16H2,1H3/t20-,21+/m0/s1. The van der Waals surface area contributed by atoms with Crippen molar-refractivity contribution in [3.05, 3.63) is 65.5 Å². The van der Waals surface area contributed by atoms with E-state index < -0.39 is 0 Å². The van der Waals surface area contributed by atoms with Crippen molar-refractivity contribution in [2.45, 2.75) is 31.8 Å². The minimum atomic E-state index is 0.0513. The summed E-state index contributed by atoms with van der Waals surface area (Å²) < 4.78 is 5.54. The third kappa shape index (κ3) is 4.04. The highest BCUT2D eigenvalue weighted by Crippen LogP contribution is 2.28. The van der Waals surface area contributed by atoms with Gasteiger partial charge in [0, 0.05) is 31.4 Å². The highest BCUT2D eigenvalue weighted by atomic mass is 16.5. The van der Waals surface area contributed by atoms with Gasteiger partial charge in [0.25, 0.3) is 5.91 Å². The molecule has 2 aliphatic heterocycles. The number of aromatic nitrogens is 1. The number of carbonyl (C=O) groups excluding carboxylic acids is 1. The maximum Gasteiger partial charge on any atom is 0.272 e. The van der Waals surface area contributed by atoms with E-state index in [4.69, 9.17) is 4.74 Å². The maximum atomic E-state index is 13.2. The number of ether oxygens (including phenoxy) is 1. The lowest BCUT2D eigenvalue weighted by Crippen LogP contribution is -2.51.